The van der Waals surface area contributed by atoms with Crippen LogP contribution in [0.2, 0.25) is 5.02 Å². The molecule has 33 heavy (non-hydrogen) atoms. The standard InChI is InChI=1S/C23H25ClN8S/c1-2-14-20(24)19-21(29-14)30-23(31-22(19)32-8-6-12(25)11-32)33-13-3-4-15-17(9-13)27-16-5-7-26-10-18(16)28-15/h3-4,9,12,26H,2,5-8,10-11,25H2,1H3,(H,29,30,31). The molecule has 2 aliphatic rings. The largest absolute Gasteiger partial charge is 0.354 e. The summed E-state index contributed by atoms with van der Waals surface area (Å²) < 4.78 is 0. The molecule has 1 saturated heterocycles. The van der Waals surface area contributed by atoms with Gasteiger partial charge in [0.05, 0.1) is 32.8 Å². The Bertz CT molecular complexity index is 1370. The van der Waals surface area contributed by atoms with Crippen LogP contribution in [0.1, 0.15) is 30.4 Å². The molecule has 3 aromatic heterocycles. The highest BCUT2D eigenvalue weighted by molar-refractivity contribution is 7.99. The second-order valence-corrected chi connectivity index (χ2v) is 10.0. The van der Waals surface area contributed by atoms with Gasteiger partial charge >= 0.3 is 0 Å². The molecule has 8 nitrogen and oxygen atoms in total. The van der Waals surface area contributed by atoms with Crippen molar-refractivity contribution in [2.24, 2.45) is 5.73 Å². The lowest BCUT2D eigenvalue weighted by molar-refractivity contribution is 0.617. The van der Waals surface area contributed by atoms with E-state index in [4.69, 9.17) is 37.3 Å². The molecule has 0 radical (unpaired) electrons. The monoisotopic (exact) mass is 480 g/mol. The van der Waals surface area contributed by atoms with Crippen molar-refractivity contribution in [2.75, 3.05) is 24.5 Å². The molecule has 0 bridgehead atoms. The average molecular weight is 481 g/mol. The summed E-state index contributed by atoms with van der Waals surface area (Å²) in [6, 6.07) is 6.31. The number of fused-ring (bicyclic) bond motifs is 3. The third-order valence-electron chi connectivity index (χ3n) is 6.33. The predicted molar refractivity (Wildman–Crippen MR) is 132 cm³/mol. The molecule has 4 aromatic rings. The van der Waals surface area contributed by atoms with E-state index < -0.39 is 0 Å². The Morgan fingerprint density at radius 2 is 2.06 bits per heavy atom. The smallest absolute Gasteiger partial charge is 0.196 e. The van der Waals surface area contributed by atoms with Crippen molar-refractivity contribution < 1.29 is 0 Å². The lowest BCUT2D eigenvalue weighted by Gasteiger charge is -2.18. The molecule has 2 aliphatic heterocycles. The third kappa shape index (κ3) is 3.82. The van der Waals surface area contributed by atoms with Gasteiger partial charge in [-0.2, -0.15) is 0 Å². The molecule has 0 amide bonds. The molecular formula is C23H25ClN8S. The first-order chi connectivity index (χ1) is 16.1. The lowest BCUT2D eigenvalue weighted by atomic mass is 10.1. The van der Waals surface area contributed by atoms with Crippen LogP contribution in [-0.2, 0) is 19.4 Å². The molecule has 0 aliphatic carbocycles. The summed E-state index contributed by atoms with van der Waals surface area (Å²) in [6.45, 7) is 5.44. The maximum absolute atomic E-state index is 6.72. The van der Waals surface area contributed by atoms with Gasteiger partial charge in [-0.1, -0.05) is 18.5 Å². The minimum absolute atomic E-state index is 0.148. The van der Waals surface area contributed by atoms with Gasteiger partial charge < -0.3 is 20.9 Å². The van der Waals surface area contributed by atoms with Gasteiger partial charge in [0.1, 0.15) is 11.5 Å². The van der Waals surface area contributed by atoms with Crippen molar-refractivity contribution in [1.82, 2.24) is 30.2 Å². The van der Waals surface area contributed by atoms with Crippen LogP contribution in [0.5, 0.6) is 0 Å². The Kier molecular flexibility index (Phi) is 5.37. The number of aromatic nitrogens is 5. The number of aromatic amines is 1. The normalized spacial score (nSPS) is 18.4. The number of nitrogens with one attached hydrogen (secondary N) is 2. The summed E-state index contributed by atoms with van der Waals surface area (Å²) in [6.07, 6.45) is 2.66. The van der Waals surface area contributed by atoms with E-state index >= 15 is 0 Å². The Morgan fingerprint density at radius 3 is 2.88 bits per heavy atom. The van der Waals surface area contributed by atoms with Crippen molar-refractivity contribution in [2.45, 2.75) is 48.8 Å². The number of aryl methyl sites for hydroxylation is 1. The Labute approximate surface area is 200 Å². The van der Waals surface area contributed by atoms with Gasteiger partial charge in [-0.15, -0.1) is 0 Å². The Morgan fingerprint density at radius 1 is 1.18 bits per heavy atom. The van der Waals surface area contributed by atoms with Crippen LogP contribution < -0.4 is 16.0 Å². The number of benzene rings is 1. The van der Waals surface area contributed by atoms with E-state index in [1.54, 1.807) is 0 Å². The molecule has 1 aromatic carbocycles. The first-order valence-corrected chi connectivity index (χ1v) is 12.5. The molecule has 170 valence electrons. The van der Waals surface area contributed by atoms with Crippen LogP contribution in [0, 0.1) is 0 Å². The topological polar surface area (TPSA) is 109 Å². The molecule has 0 saturated carbocycles. The quantitative estimate of drug-likeness (QED) is 0.381. The third-order valence-corrected chi connectivity index (χ3v) is 7.60. The van der Waals surface area contributed by atoms with Crippen molar-refractivity contribution in [1.29, 1.82) is 0 Å². The minimum Gasteiger partial charge on any atom is -0.354 e. The van der Waals surface area contributed by atoms with Crippen molar-refractivity contribution in [3.63, 3.8) is 0 Å². The highest BCUT2D eigenvalue weighted by Gasteiger charge is 2.26. The van der Waals surface area contributed by atoms with Crippen molar-refractivity contribution >= 4 is 51.2 Å². The van der Waals surface area contributed by atoms with E-state index in [-0.39, 0.29) is 6.04 Å². The molecule has 0 spiro atoms. The van der Waals surface area contributed by atoms with Gasteiger partial charge in [0.15, 0.2) is 5.16 Å². The number of hydrogen-bond acceptors (Lipinski definition) is 8. The van der Waals surface area contributed by atoms with Gasteiger partial charge in [0, 0.05) is 49.2 Å². The number of rotatable bonds is 4. The summed E-state index contributed by atoms with van der Waals surface area (Å²) in [5.74, 6) is 0.860. The first kappa shape index (κ1) is 21.1. The SMILES string of the molecule is CCc1[nH]c2nc(Sc3ccc4nc5c(nc4c3)CCNC5)nc(N3CCC(N)C3)c2c1Cl. The summed E-state index contributed by atoms with van der Waals surface area (Å²) in [5.41, 5.74) is 11.9. The summed E-state index contributed by atoms with van der Waals surface area (Å²) in [7, 11) is 0. The number of H-pyrrole nitrogens is 1. The van der Waals surface area contributed by atoms with Crippen molar-refractivity contribution in [3.8, 4) is 0 Å². The summed E-state index contributed by atoms with van der Waals surface area (Å²) in [4.78, 5) is 26.1. The van der Waals surface area contributed by atoms with Crippen LogP contribution in [0.15, 0.2) is 28.3 Å². The second kappa shape index (κ2) is 8.39. The fourth-order valence-corrected chi connectivity index (χ4v) is 5.74. The molecule has 10 heteroatoms. The fourth-order valence-electron chi connectivity index (χ4n) is 4.60. The second-order valence-electron chi connectivity index (χ2n) is 8.62. The fraction of sp³-hybridized carbons (Fsp3) is 0.391. The number of hydrogen-bond donors (Lipinski definition) is 3. The number of nitrogens with zero attached hydrogens (tertiary/aromatic N) is 5. The van der Waals surface area contributed by atoms with Gasteiger partial charge in [0.2, 0.25) is 0 Å². The van der Waals surface area contributed by atoms with Crippen molar-refractivity contribution in [3.05, 3.63) is 40.3 Å². The van der Waals surface area contributed by atoms with Crippen LogP contribution in [0.3, 0.4) is 0 Å². The molecule has 4 N–H and O–H groups in total. The van der Waals surface area contributed by atoms with Gasteiger partial charge in [-0.25, -0.2) is 19.9 Å². The van der Waals surface area contributed by atoms with Crippen LogP contribution >= 0.6 is 23.4 Å². The van der Waals surface area contributed by atoms with Crippen LogP contribution in [0.25, 0.3) is 22.1 Å². The van der Waals surface area contributed by atoms with E-state index in [1.165, 1.54) is 11.8 Å². The predicted octanol–water partition coefficient (Wildman–Crippen LogP) is 3.45. The van der Waals surface area contributed by atoms with E-state index in [0.717, 1.165) is 95.3 Å². The van der Waals surface area contributed by atoms with E-state index in [0.29, 0.717) is 10.2 Å². The molecule has 1 fully saturated rings. The van der Waals surface area contributed by atoms with E-state index in [9.17, 15) is 0 Å². The zero-order chi connectivity index (χ0) is 22.5. The molecule has 1 unspecified atom stereocenters. The number of nitrogens with two attached hydrogens (primary N) is 1. The van der Waals surface area contributed by atoms with Gasteiger partial charge in [-0.05, 0) is 42.8 Å². The Balaban J connectivity index is 1.40. The Hall–Kier alpha value is -2.46. The summed E-state index contributed by atoms with van der Waals surface area (Å²) >= 11 is 8.25. The molecular weight excluding hydrogens is 456 g/mol. The maximum Gasteiger partial charge on any atom is 0.196 e. The zero-order valence-corrected chi connectivity index (χ0v) is 19.9. The first-order valence-electron chi connectivity index (χ1n) is 11.4. The van der Waals surface area contributed by atoms with E-state index in [2.05, 4.69) is 34.3 Å². The summed E-state index contributed by atoms with van der Waals surface area (Å²) in [5, 5.41) is 5.63. The molecule has 6 rings (SSSR count). The molecule has 1 atom stereocenters. The zero-order valence-electron chi connectivity index (χ0n) is 18.4. The highest BCUT2D eigenvalue weighted by Crippen LogP contribution is 2.38. The van der Waals surface area contributed by atoms with E-state index in [1.807, 2.05) is 6.07 Å². The number of anilines is 1. The van der Waals surface area contributed by atoms with Gasteiger partial charge in [0.25, 0.3) is 0 Å². The minimum atomic E-state index is 0.148. The van der Waals surface area contributed by atoms with Gasteiger partial charge in [-0.3, -0.25) is 0 Å². The van der Waals surface area contributed by atoms with Crippen LogP contribution in [0.4, 0.5) is 5.82 Å². The number of halogens is 1. The highest BCUT2D eigenvalue weighted by atomic mass is 35.5. The molecule has 5 heterocycles. The van der Waals surface area contributed by atoms with Crippen LogP contribution in [-0.4, -0.2) is 50.6 Å². The lowest BCUT2D eigenvalue weighted by Crippen LogP contribution is -2.27. The average Bonchev–Trinajstić information content (AvgIpc) is 3.40. The maximum atomic E-state index is 6.72.